The van der Waals surface area contributed by atoms with Gasteiger partial charge >= 0.3 is 5.97 Å². The average Bonchev–Trinajstić information content (AvgIpc) is 2.52. The number of aromatic carboxylic acids is 1. The second kappa shape index (κ2) is 2.77. The summed E-state index contributed by atoms with van der Waals surface area (Å²) in [6.45, 7) is 0. The summed E-state index contributed by atoms with van der Waals surface area (Å²) in [5.41, 5.74) is 1.67. The summed E-state index contributed by atoms with van der Waals surface area (Å²) in [6.07, 6.45) is 0. The first-order valence-corrected chi connectivity index (χ1v) is 4.33. The van der Waals surface area contributed by atoms with Crippen molar-refractivity contribution in [3.05, 3.63) is 29.0 Å². The lowest BCUT2D eigenvalue weighted by molar-refractivity contribution is 0.0692. The Bertz CT molecular complexity index is 480. The third-order valence-electron chi connectivity index (χ3n) is 1.67. The summed E-state index contributed by atoms with van der Waals surface area (Å²) in [5, 5.41) is 8.61. The molecule has 0 aliphatic rings. The van der Waals surface area contributed by atoms with Gasteiger partial charge in [0, 0.05) is 0 Å². The van der Waals surface area contributed by atoms with Crippen LogP contribution < -0.4 is 0 Å². The molecule has 1 aromatic heterocycles. The van der Waals surface area contributed by atoms with E-state index in [1.54, 1.807) is 0 Å². The Labute approximate surface area is 76.5 Å². The fraction of sp³-hybridized carbons (Fsp3) is 0. The molecule has 66 valence electrons. The molecule has 0 aliphatic heterocycles. The van der Waals surface area contributed by atoms with Crippen LogP contribution in [-0.4, -0.2) is 16.1 Å². The number of hydrogen-bond donors (Lipinski definition) is 1. The molecule has 0 spiro atoms. The first-order chi connectivity index (χ1) is 6.20. The van der Waals surface area contributed by atoms with Gasteiger partial charge in [-0.1, -0.05) is 0 Å². The molecule has 3 nitrogen and oxygen atoms in total. The maximum Gasteiger partial charge on any atom is 0.338 e. The Hall–Kier alpha value is -1.49. The van der Waals surface area contributed by atoms with Crippen LogP contribution in [0.5, 0.6) is 0 Å². The predicted octanol–water partition coefficient (Wildman–Crippen LogP) is 2.13. The summed E-state index contributed by atoms with van der Waals surface area (Å²) < 4.78 is 13.6. The minimum absolute atomic E-state index is 0.292. The molecule has 0 saturated carbocycles. The van der Waals surface area contributed by atoms with Crippen LogP contribution in [0.1, 0.15) is 10.4 Å². The summed E-state index contributed by atoms with van der Waals surface area (Å²) in [6, 6.07) is 2.72. The van der Waals surface area contributed by atoms with E-state index in [0.29, 0.717) is 10.2 Å². The zero-order chi connectivity index (χ0) is 9.42. The minimum atomic E-state index is -1.26. The highest BCUT2D eigenvalue weighted by molar-refractivity contribution is 7.16. The van der Waals surface area contributed by atoms with Crippen LogP contribution >= 0.6 is 11.3 Å². The molecule has 0 fully saturated rings. The van der Waals surface area contributed by atoms with Crippen molar-refractivity contribution in [2.24, 2.45) is 0 Å². The van der Waals surface area contributed by atoms with Gasteiger partial charge in [-0.25, -0.2) is 14.2 Å². The van der Waals surface area contributed by atoms with E-state index in [1.165, 1.54) is 17.6 Å². The molecule has 5 heteroatoms. The minimum Gasteiger partial charge on any atom is -0.478 e. The van der Waals surface area contributed by atoms with Crippen molar-refractivity contribution in [1.29, 1.82) is 0 Å². The van der Waals surface area contributed by atoms with Gasteiger partial charge in [0.2, 0.25) is 0 Å². The Kier molecular flexibility index (Phi) is 1.73. The van der Waals surface area contributed by atoms with E-state index in [9.17, 15) is 9.18 Å². The first kappa shape index (κ1) is 8.12. The molecule has 13 heavy (non-hydrogen) atoms. The number of carboxylic acid groups (broad SMARTS) is 1. The topological polar surface area (TPSA) is 50.2 Å². The fourth-order valence-corrected chi connectivity index (χ4v) is 1.79. The highest BCUT2D eigenvalue weighted by Gasteiger charge is 2.14. The summed E-state index contributed by atoms with van der Waals surface area (Å²) in [5.74, 6) is -1.96. The molecule has 2 aromatic rings. The maximum absolute atomic E-state index is 13.3. The van der Waals surface area contributed by atoms with Crippen molar-refractivity contribution in [3.8, 4) is 0 Å². The summed E-state index contributed by atoms with van der Waals surface area (Å²) in [7, 11) is 0. The number of fused-ring (bicyclic) bond motifs is 1. The van der Waals surface area contributed by atoms with Crippen LogP contribution in [0.3, 0.4) is 0 Å². The molecule has 0 bridgehead atoms. The smallest absolute Gasteiger partial charge is 0.338 e. The van der Waals surface area contributed by atoms with E-state index in [2.05, 4.69) is 4.98 Å². The van der Waals surface area contributed by atoms with E-state index in [-0.39, 0.29) is 5.56 Å². The normalized spacial score (nSPS) is 10.5. The molecule has 1 N–H and O–H groups in total. The zero-order valence-electron chi connectivity index (χ0n) is 6.32. The van der Waals surface area contributed by atoms with E-state index in [4.69, 9.17) is 5.11 Å². The van der Waals surface area contributed by atoms with Gasteiger partial charge in [-0.3, -0.25) is 0 Å². The molecule has 1 aromatic carbocycles. The molecular formula is C8H4FNO2S. The van der Waals surface area contributed by atoms with E-state index in [1.807, 2.05) is 0 Å². The molecule has 1 heterocycles. The standard InChI is InChI=1S/C8H4FNO2S/c9-6-4(8(11)12)1-2-5-7(6)13-3-10-5/h1-3H,(H,11,12). The second-order valence-electron chi connectivity index (χ2n) is 2.43. The number of carboxylic acids is 1. The Morgan fingerprint density at radius 2 is 2.31 bits per heavy atom. The second-order valence-corrected chi connectivity index (χ2v) is 3.29. The van der Waals surface area contributed by atoms with Crippen molar-refractivity contribution in [1.82, 2.24) is 4.98 Å². The van der Waals surface area contributed by atoms with Crippen LogP contribution in [-0.2, 0) is 0 Å². The lowest BCUT2D eigenvalue weighted by Crippen LogP contribution is -1.99. The molecule has 0 atom stereocenters. The fourth-order valence-electron chi connectivity index (χ4n) is 1.06. The monoisotopic (exact) mass is 197 g/mol. The van der Waals surface area contributed by atoms with Gasteiger partial charge in [-0.05, 0) is 12.1 Å². The first-order valence-electron chi connectivity index (χ1n) is 3.45. The van der Waals surface area contributed by atoms with Crippen molar-refractivity contribution in [2.45, 2.75) is 0 Å². The van der Waals surface area contributed by atoms with E-state index < -0.39 is 11.8 Å². The Balaban J connectivity index is 2.80. The Morgan fingerprint density at radius 1 is 1.54 bits per heavy atom. The molecular weight excluding hydrogens is 193 g/mol. The lowest BCUT2D eigenvalue weighted by Gasteiger charge is -1.96. The van der Waals surface area contributed by atoms with Crippen molar-refractivity contribution >= 4 is 27.5 Å². The third-order valence-corrected chi connectivity index (χ3v) is 2.50. The molecule has 0 aliphatic carbocycles. The Morgan fingerprint density at radius 3 is 3.00 bits per heavy atom. The number of rotatable bonds is 1. The molecule has 0 unspecified atom stereocenters. The molecule has 0 saturated heterocycles. The number of benzene rings is 1. The summed E-state index contributed by atoms with van der Waals surface area (Å²) >= 11 is 1.10. The van der Waals surface area contributed by atoms with Gasteiger partial charge in [-0.15, -0.1) is 11.3 Å². The highest BCUT2D eigenvalue weighted by Crippen LogP contribution is 2.23. The van der Waals surface area contributed by atoms with Gasteiger partial charge in [0.25, 0.3) is 0 Å². The van der Waals surface area contributed by atoms with E-state index >= 15 is 0 Å². The van der Waals surface area contributed by atoms with Gasteiger partial charge in [0.05, 0.1) is 21.3 Å². The molecule has 0 amide bonds. The largest absolute Gasteiger partial charge is 0.478 e. The predicted molar refractivity (Wildman–Crippen MR) is 46.5 cm³/mol. The number of hydrogen-bond acceptors (Lipinski definition) is 3. The highest BCUT2D eigenvalue weighted by atomic mass is 32.1. The van der Waals surface area contributed by atoms with Crippen molar-refractivity contribution in [2.75, 3.05) is 0 Å². The molecule has 0 radical (unpaired) electrons. The third kappa shape index (κ3) is 1.17. The molecule has 2 rings (SSSR count). The maximum atomic E-state index is 13.3. The van der Waals surface area contributed by atoms with Crippen LogP contribution in [0.2, 0.25) is 0 Å². The average molecular weight is 197 g/mol. The van der Waals surface area contributed by atoms with E-state index in [0.717, 1.165) is 11.3 Å². The quantitative estimate of drug-likeness (QED) is 0.761. The van der Waals surface area contributed by atoms with Gasteiger partial charge in [-0.2, -0.15) is 0 Å². The van der Waals surface area contributed by atoms with Crippen LogP contribution in [0.15, 0.2) is 17.6 Å². The SMILES string of the molecule is O=C(O)c1ccc2ncsc2c1F. The van der Waals surface area contributed by atoms with Crippen LogP contribution in [0.25, 0.3) is 10.2 Å². The van der Waals surface area contributed by atoms with Gasteiger partial charge in [0.15, 0.2) is 5.82 Å². The number of nitrogens with zero attached hydrogens (tertiary/aromatic N) is 1. The number of aromatic nitrogens is 1. The van der Waals surface area contributed by atoms with Gasteiger partial charge < -0.3 is 5.11 Å². The number of thiazole rings is 1. The number of halogens is 1. The summed E-state index contributed by atoms with van der Waals surface area (Å²) in [4.78, 5) is 14.4. The lowest BCUT2D eigenvalue weighted by atomic mass is 10.2. The van der Waals surface area contributed by atoms with Crippen LogP contribution in [0, 0.1) is 5.82 Å². The van der Waals surface area contributed by atoms with Crippen molar-refractivity contribution < 1.29 is 14.3 Å². The zero-order valence-corrected chi connectivity index (χ0v) is 7.14. The number of carbonyl (C=O) groups is 1. The van der Waals surface area contributed by atoms with Crippen molar-refractivity contribution in [3.63, 3.8) is 0 Å². The van der Waals surface area contributed by atoms with Gasteiger partial charge in [0.1, 0.15) is 0 Å². The van der Waals surface area contributed by atoms with Crippen LogP contribution in [0.4, 0.5) is 4.39 Å².